The van der Waals surface area contributed by atoms with Gasteiger partial charge in [-0.25, -0.2) is 0 Å². The van der Waals surface area contributed by atoms with E-state index in [2.05, 4.69) is 6.58 Å². The van der Waals surface area contributed by atoms with Crippen LogP contribution in [0.5, 0.6) is 0 Å². The maximum Gasteiger partial charge on any atom is 0.328 e. The Morgan fingerprint density at radius 2 is 2.00 bits per heavy atom. The molecule has 4 nitrogen and oxygen atoms in total. The molecule has 0 bridgehead atoms. The van der Waals surface area contributed by atoms with Gasteiger partial charge in [-0.1, -0.05) is 43.0 Å². The molecule has 0 spiro atoms. The highest BCUT2D eigenvalue weighted by Gasteiger charge is 2.44. The molecule has 17 heavy (non-hydrogen) atoms. The van der Waals surface area contributed by atoms with Gasteiger partial charge in [-0.05, 0) is 12.5 Å². The van der Waals surface area contributed by atoms with E-state index in [0.717, 1.165) is 0 Å². The van der Waals surface area contributed by atoms with Crippen LogP contribution >= 0.6 is 0 Å². The lowest BCUT2D eigenvalue weighted by molar-refractivity contribution is -0.160. The van der Waals surface area contributed by atoms with E-state index in [4.69, 9.17) is 4.74 Å². The van der Waals surface area contributed by atoms with Crippen molar-refractivity contribution in [1.29, 1.82) is 0 Å². The molecule has 0 aliphatic carbocycles. The van der Waals surface area contributed by atoms with Crippen molar-refractivity contribution in [2.45, 2.75) is 12.3 Å². The molecule has 1 aromatic carbocycles. The largest absolute Gasteiger partial charge is 0.480 e. The number of aliphatic carboxylic acids is 1. The van der Waals surface area contributed by atoms with Gasteiger partial charge in [-0.3, -0.25) is 9.59 Å². The molecule has 0 aliphatic rings. The third-order valence-corrected chi connectivity index (χ3v) is 2.52. The Morgan fingerprint density at radius 3 is 2.47 bits per heavy atom. The Morgan fingerprint density at radius 1 is 1.41 bits per heavy atom. The summed E-state index contributed by atoms with van der Waals surface area (Å²) >= 11 is 0. The van der Waals surface area contributed by atoms with Crippen molar-refractivity contribution >= 4 is 11.9 Å². The van der Waals surface area contributed by atoms with Crippen LogP contribution in [0.15, 0.2) is 43.0 Å². The Labute approximate surface area is 99.5 Å². The fraction of sp³-hybridized carbons (Fsp3) is 0.231. The standard InChI is InChI=1S/C13H14O4/c1-3-9-17-12(16)13(2,11(14)15)10-7-5-4-6-8-10/h3-8H,1,9H2,2H3,(H,14,15)/t13-/m1/s1. The summed E-state index contributed by atoms with van der Waals surface area (Å²) in [4.78, 5) is 23.1. The van der Waals surface area contributed by atoms with E-state index < -0.39 is 17.4 Å². The molecule has 0 saturated heterocycles. The van der Waals surface area contributed by atoms with Crippen LogP contribution in [0.4, 0.5) is 0 Å². The summed E-state index contributed by atoms with van der Waals surface area (Å²) in [6.07, 6.45) is 1.39. The molecule has 90 valence electrons. The van der Waals surface area contributed by atoms with Gasteiger partial charge in [0.1, 0.15) is 6.61 Å². The molecule has 1 atom stereocenters. The lowest BCUT2D eigenvalue weighted by Crippen LogP contribution is -2.42. The highest BCUT2D eigenvalue weighted by Crippen LogP contribution is 2.25. The molecule has 1 aromatic rings. The maximum absolute atomic E-state index is 11.8. The summed E-state index contributed by atoms with van der Waals surface area (Å²) in [7, 11) is 0. The van der Waals surface area contributed by atoms with Crippen molar-refractivity contribution in [2.24, 2.45) is 0 Å². The van der Waals surface area contributed by atoms with Gasteiger partial charge in [0.05, 0.1) is 0 Å². The minimum Gasteiger partial charge on any atom is -0.480 e. The normalized spacial score (nSPS) is 13.5. The number of ether oxygens (including phenoxy) is 1. The average molecular weight is 234 g/mol. The molecule has 0 fully saturated rings. The van der Waals surface area contributed by atoms with Crippen LogP contribution in [0.3, 0.4) is 0 Å². The van der Waals surface area contributed by atoms with Gasteiger partial charge >= 0.3 is 11.9 Å². The SMILES string of the molecule is C=CCOC(=O)[C@@](C)(C(=O)O)c1ccccc1. The molecule has 0 radical (unpaired) electrons. The second-order valence-corrected chi connectivity index (χ2v) is 3.68. The smallest absolute Gasteiger partial charge is 0.328 e. The third kappa shape index (κ3) is 2.53. The van der Waals surface area contributed by atoms with Gasteiger partial charge < -0.3 is 9.84 Å². The maximum atomic E-state index is 11.8. The summed E-state index contributed by atoms with van der Waals surface area (Å²) in [5.74, 6) is -2.03. The van der Waals surface area contributed by atoms with Crippen LogP contribution < -0.4 is 0 Å². The minimum atomic E-state index is -1.69. The first kappa shape index (κ1) is 13.0. The minimum absolute atomic E-state index is 0.00542. The molecule has 4 heteroatoms. The number of esters is 1. The second-order valence-electron chi connectivity index (χ2n) is 3.68. The molecular formula is C13H14O4. The Balaban J connectivity index is 3.10. The van der Waals surface area contributed by atoms with Crippen LogP contribution in [0.1, 0.15) is 12.5 Å². The van der Waals surface area contributed by atoms with Crippen molar-refractivity contribution in [3.63, 3.8) is 0 Å². The average Bonchev–Trinajstić information content (AvgIpc) is 2.35. The summed E-state index contributed by atoms with van der Waals surface area (Å²) < 4.78 is 4.83. The number of hydrogen-bond acceptors (Lipinski definition) is 3. The summed E-state index contributed by atoms with van der Waals surface area (Å²) in [6.45, 7) is 4.73. The summed E-state index contributed by atoms with van der Waals surface area (Å²) in [5.41, 5.74) is -1.30. The Bertz CT molecular complexity index is 424. The van der Waals surface area contributed by atoms with E-state index in [1.165, 1.54) is 13.0 Å². The van der Waals surface area contributed by atoms with E-state index in [1.807, 2.05) is 0 Å². The fourth-order valence-electron chi connectivity index (χ4n) is 1.38. The Kier molecular flexibility index (Phi) is 4.04. The number of rotatable bonds is 5. The van der Waals surface area contributed by atoms with E-state index in [1.54, 1.807) is 30.3 Å². The molecule has 0 unspecified atom stereocenters. The van der Waals surface area contributed by atoms with Crippen molar-refractivity contribution in [3.05, 3.63) is 48.6 Å². The lowest BCUT2D eigenvalue weighted by atomic mass is 9.82. The zero-order valence-electron chi connectivity index (χ0n) is 9.55. The molecule has 1 rings (SSSR count). The molecular weight excluding hydrogens is 220 g/mol. The van der Waals surface area contributed by atoms with Crippen LogP contribution in [-0.2, 0) is 19.7 Å². The van der Waals surface area contributed by atoms with Gasteiger partial charge in [-0.15, -0.1) is 0 Å². The van der Waals surface area contributed by atoms with Crippen molar-refractivity contribution in [1.82, 2.24) is 0 Å². The summed E-state index contributed by atoms with van der Waals surface area (Å²) in [5, 5.41) is 9.23. The van der Waals surface area contributed by atoms with Crippen molar-refractivity contribution in [3.8, 4) is 0 Å². The van der Waals surface area contributed by atoms with Crippen LogP contribution in [-0.4, -0.2) is 23.7 Å². The molecule has 0 heterocycles. The molecule has 0 saturated carbocycles. The number of benzene rings is 1. The van der Waals surface area contributed by atoms with Crippen LogP contribution in [0, 0.1) is 0 Å². The van der Waals surface area contributed by atoms with Gasteiger partial charge in [0.2, 0.25) is 0 Å². The highest BCUT2D eigenvalue weighted by atomic mass is 16.5. The molecule has 0 aliphatic heterocycles. The molecule has 0 amide bonds. The second kappa shape index (κ2) is 5.30. The van der Waals surface area contributed by atoms with Gasteiger partial charge in [-0.2, -0.15) is 0 Å². The molecule has 1 N–H and O–H groups in total. The Hall–Kier alpha value is -2.10. The number of carbonyl (C=O) groups is 2. The zero-order chi connectivity index (χ0) is 12.9. The third-order valence-electron chi connectivity index (χ3n) is 2.52. The van der Waals surface area contributed by atoms with E-state index >= 15 is 0 Å². The van der Waals surface area contributed by atoms with E-state index in [9.17, 15) is 14.7 Å². The quantitative estimate of drug-likeness (QED) is 0.479. The van der Waals surface area contributed by atoms with Crippen molar-refractivity contribution in [2.75, 3.05) is 6.61 Å². The number of carboxylic acid groups (broad SMARTS) is 1. The predicted molar refractivity (Wildman–Crippen MR) is 62.6 cm³/mol. The first-order valence-corrected chi connectivity index (χ1v) is 5.10. The summed E-state index contributed by atoms with van der Waals surface area (Å²) in [6, 6.07) is 8.28. The number of hydrogen-bond donors (Lipinski definition) is 1. The lowest BCUT2D eigenvalue weighted by Gasteiger charge is -2.22. The van der Waals surface area contributed by atoms with Gasteiger partial charge in [0, 0.05) is 0 Å². The van der Waals surface area contributed by atoms with Crippen molar-refractivity contribution < 1.29 is 19.4 Å². The zero-order valence-corrected chi connectivity index (χ0v) is 9.55. The molecule has 0 aromatic heterocycles. The predicted octanol–water partition coefficient (Wildman–Crippen LogP) is 1.76. The highest BCUT2D eigenvalue weighted by molar-refractivity contribution is 6.05. The van der Waals surface area contributed by atoms with E-state index in [0.29, 0.717) is 5.56 Å². The first-order chi connectivity index (χ1) is 8.03. The van der Waals surface area contributed by atoms with Crippen LogP contribution in [0.2, 0.25) is 0 Å². The number of carbonyl (C=O) groups excluding carboxylic acids is 1. The number of carboxylic acids is 1. The van der Waals surface area contributed by atoms with Gasteiger partial charge in [0.25, 0.3) is 0 Å². The van der Waals surface area contributed by atoms with Gasteiger partial charge in [0.15, 0.2) is 5.41 Å². The topological polar surface area (TPSA) is 63.6 Å². The fourth-order valence-corrected chi connectivity index (χ4v) is 1.38. The van der Waals surface area contributed by atoms with E-state index in [-0.39, 0.29) is 6.61 Å². The first-order valence-electron chi connectivity index (χ1n) is 5.10. The monoisotopic (exact) mass is 234 g/mol. The van der Waals surface area contributed by atoms with Crippen LogP contribution in [0.25, 0.3) is 0 Å².